The van der Waals surface area contributed by atoms with E-state index >= 15 is 0 Å². The van der Waals surface area contributed by atoms with E-state index in [2.05, 4.69) is 21.9 Å². The summed E-state index contributed by atoms with van der Waals surface area (Å²) in [5, 5.41) is 2.87. The minimum absolute atomic E-state index is 0.0525. The molecule has 2 aromatic rings. The van der Waals surface area contributed by atoms with Crippen LogP contribution in [-0.4, -0.2) is 22.4 Å². The van der Waals surface area contributed by atoms with Gasteiger partial charge in [0.2, 0.25) is 5.91 Å². The monoisotopic (exact) mass is 281 g/mol. The topological polar surface area (TPSA) is 54.9 Å². The largest absolute Gasteiger partial charge is 0.356 e. The van der Waals surface area contributed by atoms with Crippen molar-refractivity contribution in [1.29, 1.82) is 0 Å². The van der Waals surface area contributed by atoms with E-state index in [1.54, 1.807) is 6.08 Å². The van der Waals surface area contributed by atoms with Gasteiger partial charge in [0.15, 0.2) is 5.82 Å². The lowest BCUT2D eigenvalue weighted by Crippen LogP contribution is -2.25. The Morgan fingerprint density at radius 1 is 1.19 bits per heavy atom. The Balaban J connectivity index is 1.83. The average Bonchev–Trinajstić information content (AvgIpc) is 2.54. The summed E-state index contributed by atoms with van der Waals surface area (Å²) < 4.78 is 0. The summed E-state index contributed by atoms with van der Waals surface area (Å²) in [5.74, 6) is 0.770. The number of hydrogen-bond donors (Lipinski definition) is 1. The van der Waals surface area contributed by atoms with Crippen molar-refractivity contribution in [3.63, 3.8) is 0 Å². The zero-order valence-corrected chi connectivity index (χ0v) is 12.0. The molecule has 2 rings (SSSR count). The van der Waals surface area contributed by atoms with Crippen LogP contribution >= 0.6 is 0 Å². The number of aromatic nitrogens is 2. The average molecular weight is 281 g/mol. The zero-order chi connectivity index (χ0) is 14.9. The predicted octanol–water partition coefficient (Wildman–Crippen LogP) is 2.77. The summed E-state index contributed by atoms with van der Waals surface area (Å²) >= 11 is 0. The van der Waals surface area contributed by atoms with Gasteiger partial charge in [0.1, 0.15) is 0 Å². The van der Waals surface area contributed by atoms with Gasteiger partial charge in [-0.15, -0.1) is 6.58 Å². The van der Waals surface area contributed by atoms with Crippen molar-refractivity contribution in [2.24, 2.45) is 0 Å². The molecule has 4 nitrogen and oxygen atoms in total. The van der Waals surface area contributed by atoms with E-state index < -0.39 is 0 Å². The highest BCUT2D eigenvalue weighted by molar-refractivity contribution is 5.75. The number of carbonyl (C=O) groups excluding carboxylic acids is 1. The standard InChI is InChI=1S/C17H19N3O/c1-2-3-9-16(21)18-11-10-14-12-19-17(20-13-14)15-7-5-4-6-8-15/h2,4-8,12-13H,1,3,9-11H2,(H,18,21). The van der Waals surface area contributed by atoms with Crippen LogP contribution in [0.15, 0.2) is 55.4 Å². The first-order valence-corrected chi connectivity index (χ1v) is 7.03. The summed E-state index contributed by atoms with van der Waals surface area (Å²) in [6.07, 6.45) is 7.30. The van der Waals surface area contributed by atoms with E-state index in [1.165, 1.54) is 0 Å². The van der Waals surface area contributed by atoms with Crippen LogP contribution in [0, 0.1) is 0 Å². The molecule has 21 heavy (non-hydrogen) atoms. The minimum Gasteiger partial charge on any atom is -0.356 e. The molecule has 108 valence electrons. The number of rotatable bonds is 7. The molecule has 0 atom stereocenters. The molecule has 0 aliphatic heterocycles. The van der Waals surface area contributed by atoms with Gasteiger partial charge in [-0.25, -0.2) is 9.97 Å². The fourth-order valence-corrected chi connectivity index (χ4v) is 1.89. The van der Waals surface area contributed by atoms with Crippen LogP contribution in [-0.2, 0) is 11.2 Å². The molecule has 0 aliphatic rings. The number of hydrogen-bond acceptors (Lipinski definition) is 3. The number of amides is 1. The second kappa shape index (κ2) is 7.94. The molecule has 4 heteroatoms. The Morgan fingerprint density at radius 3 is 2.57 bits per heavy atom. The van der Waals surface area contributed by atoms with Crippen molar-refractivity contribution >= 4 is 5.91 Å². The number of nitrogens with zero attached hydrogens (tertiary/aromatic N) is 2. The molecule has 1 N–H and O–H groups in total. The van der Waals surface area contributed by atoms with Gasteiger partial charge in [-0.1, -0.05) is 36.4 Å². The van der Waals surface area contributed by atoms with Crippen LogP contribution in [0.4, 0.5) is 0 Å². The van der Waals surface area contributed by atoms with E-state index in [9.17, 15) is 4.79 Å². The quantitative estimate of drug-likeness (QED) is 0.794. The fraction of sp³-hybridized carbons (Fsp3) is 0.235. The molecular formula is C17H19N3O. The zero-order valence-electron chi connectivity index (χ0n) is 12.0. The van der Waals surface area contributed by atoms with Gasteiger partial charge in [-0.2, -0.15) is 0 Å². The van der Waals surface area contributed by atoms with Crippen molar-refractivity contribution in [2.45, 2.75) is 19.3 Å². The molecule has 0 saturated carbocycles. The third-order valence-corrected chi connectivity index (χ3v) is 3.05. The van der Waals surface area contributed by atoms with Gasteiger partial charge in [0.05, 0.1) is 0 Å². The lowest BCUT2D eigenvalue weighted by Gasteiger charge is -2.05. The van der Waals surface area contributed by atoms with Gasteiger partial charge >= 0.3 is 0 Å². The minimum atomic E-state index is 0.0525. The molecule has 0 radical (unpaired) electrons. The molecule has 0 bridgehead atoms. The smallest absolute Gasteiger partial charge is 0.220 e. The van der Waals surface area contributed by atoms with Crippen LogP contribution in [0.5, 0.6) is 0 Å². The second-order valence-electron chi connectivity index (χ2n) is 4.71. The Kier molecular flexibility index (Phi) is 5.64. The summed E-state index contributed by atoms with van der Waals surface area (Å²) in [6, 6.07) is 9.85. The summed E-state index contributed by atoms with van der Waals surface area (Å²) in [7, 11) is 0. The van der Waals surface area contributed by atoms with Gasteiger partial charge < -0.3 is 5.32 Å². The van der Waals surface area contributed by atoms with Gasteiger partial charge in [0, 0.05) is 30.9 Å². The summed E-state index contributed by atoms with van der Waals surface area (Å²) in [6.45, 7) is 4.20. The number of nitrogens with one attached hydrogen (secondary N) is 1. The highest BCUT2D eigenvalue weighted by atomic mass is 16.1. The summed E-state index contributed by atoms with van der Waals surface area (Å²) in [5.41, 5.74) is 2.01. The molecular weight excluding hydrogens is 262 g/mol. The molecule has 0 saturated heterocycles. The maximum absolute atomic E-state index is 11.4. The Bertz CT molecular complexity index is 579. The lowest BCUT2D eigenvalue weighted by molar-refractivity contribution is -0.120. The van der Waals surface area contributed by atoms with Crippen LogP contribution in [0.3, 0.4) is 0 Å². The Hall–Kier alpha value is -2.49. The predicted molar refractivity (Wildman–Crippen MR) is 83.6 cm³/mol. The summed E-state index contributed by atoms with van der Waals surface area (Å²) in [4.78, 5) is 20.2. The maximum Gasteiger partial charge on any atom is 0.220 e. The molecule has 0 aliphatic carbocycles. The first-order chi connectivity index (χ1) is 10.3. The van der Waals surface area contributed by atoms with Crippen LogP contribution in [0.2, 0.25) is 0 Å². The van der Waals surface area contributed by atoms with Crippen LogP contribution < -0.4 is 5.32 Å². The van der Waals surface area contributed by atoms with Crippen LogP contribution in [0.1, 0.15) is 18.4 Å². The van der Waals surface area contributed by atoms with Crippen molar-refractivity contribution in [3.8, 4) is 11.4 Å². The molecule has 0 spiro atoms. The van der Waals surface area contributed by atoms with E-state index in [-0.39, 0.29) is 5.91 Å². The maximum atomic E-state index is 11.4. The Morgan fingerprint density at radius 2 is 1.90 bits per heavy atom. The third kappa shape index (κ3) is 4.84. The highest BCUT2D eigenvalue weighted by Gasteiger charge is 2.02. The van der Waals surface area contributed by atoms with E-state index in [1.807, 2.05) is 42.7 Å². The lowest BCUT2D eigenvalue weighted by atomic mass is 10.2. The highest BCUT2D eigenvalue weighted by Crippen LogP contribution is 2.13. The van der Waals surface area contributed by atoms with Crippen LogP contribution in [0.25, 0.3) is 11.4 Å². The molecule has 0 unspecified atom stereocenters. The van der Waals surface area contributed by atoms with Crippen molar-refractivity contribution in [2.75, 3.05) is 6.54 Å². The normalized spacial score (nSPS) is 10.1. The molecule has 1 aromatic carbocycles. The molecule has 1 amide bonds. The number of allylic oxidation sites excluding steroid dienone is 1. The van der Waals surface area contributed by atoms with Gasteiger partial charge in [-0.05, 0) is 18.4 Å². The third-order valence-electron chi connectivity index (χ3n) is 3.05. The Labute approximate surface area is 125 Å². The van der Waals surface area contributed by atoms with E-state index in [0.29, 0.717) is 19.4 Å². The first kappa shape index (κ1) is 14.9. The van der Waals surface area contributed by atoms with E-state index in [0.717, 1.165) is 23.4 Å². The molecule has 0 fully saturated rings. The first-order valence-electron chi connectivity index (χ1n) is 7.03. The fourth-order valence-electron chi connectivity index (χ4n) is 1.89. The van der Waals surface area contributed by atoms with E-state index in [4.69, 9.17) is 0 Å². The van der Waals surface area contributed by atoms with Crippen molar-refractivity contribution < 1.29 is 4.79 Å². The number of carbonyl (C=O) groups is 1. The van der Waals surface area contributed by atoms with Gasteiger partial charge in [-0.3, -0.25) is 4.79 Å². The SMILES string of the molecule is C=CCCC(=O)NCCc1cnc(-c2ccccc2)nc1. The molecule has 1 heterocycles. The van der Waals surface area contributed by atoms with Crippen molar-refractivity contribution in [1.82, 2.24) is 15.3 Å². The number of benzene rings is 1. The van der Waals surface area contributed by atoms with Gasteiger partial charge in [0.25, 0.3) is 0 Å². The molecule has 1 aromatic heterocycles. The van der Waals surface area contributed by atoms with Crippen molar-refractivity contribution in [3.05, 3.63) is 60.9 Å². The second-order valence-corrected chi connectivity index (χ2v) is 4.71.